The first-order valence-electron chi connectivity index (χ1n) is 14.7. The zero-order valence-corrected chi connectivity index (χ0v) is 24.4. The minimum absolute atomic E-state index is 0.0543. The number of ether oxygens (including phenoxy) is 1. The maximum atomic E-state index is 14.1. The number of rotatable bonds is 10. The fraction of sp³-hybridized carbons (Fsp3) is 0.531. The fourth-order valence-electron chi connectivity index (χ4n) is 6.35. The van der Waals surface area contributed by atoms with E-state index in [4.69, 9.17) is 0 Å². The third-order valence-corrected chi connectivity index (χ3v) is 8.77. The Kier molecular flexibility index (Phi) is 9.97. The van der Waals surface area contributed by atoms with Gasteiger partial charge in [0.25, 0.3) is 5.91 Å². The first-order valence-corrected chi connectivity index (χ1v) is 14.7. The van der Waals surface area contributed by atoms with Crippen molar-refractivity contribution in [3.8, 4) is 0 Å². The van der Waals surface area contributed by atoms with Gasteiger partial charge in [-0.15, -0.1) is 0 Å². The monoisotopic (exact) mass is 587 g/mol. The lowest BCUT2D eigenvalue weighted by Gasteiger charge is -2.46. The van der Waals surface area contributed by atoms with Crippen molar-refractivity contribution in [1.29, 1.82) is 0 Å². The summed E-state index contributed by atoms with van der Waals surface area (Å²) in [4.78, 5) is 40.0. The maximum Gasteiger partial charge on any atom is 0.416 e. The molecule has 1 saturated carbocycles. The smallest absolute Gasteiger partial charge is 0.416 e. The van der Waals surface area contributed by atoms with Gasteiger partial charge < -0.3 is 15.0 Å². The molecule has 42 heavy (non-hydrogen) atoms. The summed E-state index contributed by atoms with van der Waals surface area (Å²) >= 11 is 0. The first-order chi connectivity index (χ1) is 20.0. The van der Waals surface area contributed by atoms with Crippen molar-refractivity contribution in [2.45, 2.75) is 89.1 Å². The molecule has 2 fully saturated rings. The van der Waals surface area contributed by atoms with Crippen molar-refractivity contribution >= 4 is 17.8 Å². The second-order valence-electron chi connectivity index (χ2n) is 11.3. The predicted molar refractivity (Wildman–Crippen MR) is 152 cm³/mol. The highest BCUT2D eigenvalue weighted by molar-refractivity contribution is 5.94. The Morgan fingerprint density at radius 3 is 2.26 bits per heavy atom. The summed E-state index contributed by atoms with van der Waals surface area (Å²) in [6.45, 7) is 4.38. The van der Waals surface area contributed by atoms with Crippen LogP contribution in [0.2, 0.25) is 0 Å². The molecule has 2 unspecified atom stereocenters. The molecule has 2 N–H and O–H groups in total. The van der Waals surface area contributed by atoms with E-state index in [1.165, 1.54) is 19.2 Å². The van der Waals surface area contributed by atoms with Crippen molar-refractivity contribution in [2.75, 3.05) is 13.7 Å². The molecule has 1 aliphatic carbocycles. The molecule has 2 aliphatic rings. The van der Waals surface area contributed by atoms with Gasteiger partial charge in [0.1, 0.15) is 0 Å². The number of hydrogen-bond acceptors (Lipinski definition) is 5. The molecule has 0 aromatic heterocycles. The number of carbonyl (C=O) groups excluding carboxylic acids is 3. The third-order valence-electron chi connectivity index (χ3n) is 8.77. The fourth-order valence-corrected chi connectivity index (χ4v) is 6.35. The average Bonchev–Trinajstić information content (AvgIpc) is 3.23. The van der Waals surface area contributed by atoms with E-state index in [1.54, 1.807) is 12.1 Å². The van der Waals surface area contributed by atoms with Gasteiger partial charge in [0.15, 0.2) is 0 Å². The molecule has 1 spiro atoms. The number of esters is 1. The SMILES string of the molecule is CCC1CCC2(CC1)NC(Cc1ccc(C(F)(F)F)cc1)C(=O)N2C(CC)c1ccc(C(=O)NCCC(=O)OC)cc1. The van der Waals surface area contributed by atoms with Crippen LogP contribution in [-0.2, 0) is 26.9 Å². The van der Waals surface area contributed by atoms with Gasteiger partial charge in [-0.3, -0.25) is 19.7 Å². The number of hydrogen-bond donors (Lipinski definition) is 2. The van der Waals surface area contributed by atoms with E-state index in [2.05, 4.69) is 22.3 Å². The summed E-state index contributed by atoms with van der Waals surface area (Å²) in [6, 6.07) is 11.4. The number of alkyl halides is 3. The largest absolute Gasteiger partial charge is 0.469 e. The zero-order valence-electron chi connectivity index (χ0n) is 24.4. The Bertz CT molecular complexity index is 1240. The summed E-state index contributed by atoms with van der Waals surface area (Å²) in [6.07, 6.45) is 1.29. The van der Waals surface area contributed by atoms with Crippen LogP contribution in [0.5, 0.6) is 0 Å². The molecule has 0 bridgehead atoms. The van der Waals surface area contributed by atoms with Crippen LogP contribution in [0.1, 0.15) is 91.9 Å². The molecule has 1 aliphatic heterocycles. The number of carbonyl (C=O) groups is 3. The standard InChI is InChI=1S/C32H40F3N3O4/c1-4-21-14-17-31(18-15-21)37-26(20-22-6-12-25(13-7-22)32(33,34)35)30(41)38(31)27(5-2)23-8-10-24(11-9-23)29(40)36-19-16-28(39)42-3/h6-13,21,26-27,37H,4-5,14-20H2,1-3H3,(H,36,40). The Morgan fingerprint density at radius 2 is 1.71 bits per heavy atom. The van der Waals surface area contributed by atoms with Crippen LogP contribution in [0.25, 0.3) is 0 Å². The van der Waals surface area contributed by atoms with E-state index < -0.39 is 29.4 Å². The van der Waals surface area contributed by atoms with Crippen molar-refractivity contribution < 1.29 is 32.3 Å². The second kappa shape index (κ2) is 13.3. The van der Waals surface area contributed by atoms with Crippen LogP contribution < -0.4 is 10.6 Å². The molecule has 0 radical (unpaired) electrons. The van der Waals surface area contributed by atoms with Gasteiger partial charge >= 0.3 is 12.1 Å². The summed E-state index contributed by atoms with van der Waals surface area (Å²) < 4.78 is 43.8. The summed E-state index contributed by atoms with van der Waals surface area (Å²) in [5, 5.41) is 6.36. The summed E-state index contributed by atoms with van der Waals surface area (Å²) in [5.41, 5.74) is 0.779. The molecule has 228 valence electrons. The highest BCUT2D eigenvalue weighted by atomic mass is 19.4. The quantitative estimate of drug-likeness (QED) is 0.344. The number of amides is 2. The molecule has 2 atom stereocenters. The summed E-state index contributed by atoms with van der Waals surface area (Å²) in [5.74, 6) is -0.163. The van der Waals surface area contributed by atoms with Crippen LogP contribution >= 0.6 is 0 Å². The lowest BCUT2D eigenvalue weighted by atomic mass is 9.79. The molecule has 1 saturated heterocycles. The van der Waals surface area contributed by atoms with Gasteiger partial charge in [0.2, 0.25) is 5.91 Å². The van der Waals surface area contributed by atoms with Gasteiger partial charge in [-0.25, -0.2) is 0 Å². The predicted octanol–water partition coefficient (Wildman–Crippen LogP) is 5.79. The average molecular weight is 588 g/mol. The van der Waals surface area contributed by atoms with E-state index in [0.29, 0.717) is 29.9 Å². The molecule has 10 heteroatoms. The topological polar surface area (TPSA) is 87.7 Å². The first kappa shape index (κ1) is 31.5. The van der Waals surface area contributed by atoms with Gasteiger partial charge in [-0.05, 0) is 79.8 Å². The number of nitrogens with one attached hydrogen (secondary N) is 2. The van der Waals surface area contributed by atoms with Crippen LogP contribution in [0.4, 0.5) is 13.2 Å². The van der Waals surface area contributed by atoms with E-state index in [9.17, 15) is 27.6 Å². The van der Waals surface area contributed by atoms with Gasteiger partial charge in [-0.1, -0.05) is 44.5 Å². The normalized spacial score (nSPS) is 23.2. The minimum Gasteiger partial charge on any atom is -0.469 e. The molecular weight excluding hydrogens is 547 g/mol. The lowest BCUT2D eigenvalue weighted by molar-refractivity contribution is -0.140. The maximum absolute atomic E-state index is 14.1. The van der Waals surface area contributed by atoms with E-state index in [0.717, 1.165) is 49.8 Å². The van der Waals surface area contributed by atoms with Gasteiger partial charge in [0, 0.05) is 12.1 Å². The van der Waals surface area contributed by atoms with Crippen LogP contribution in [-0.4, -0.2) is 48.0 Å². The lowest BCUT2D eigenvalue weighted by Crippen LogP contribution is -2.55. The molecule has 4 rings (SSSR count). The highest BCUT2D eigenvalue weighted by Crippen LogP contribution is 2.45. The van der Waals surface area contributed by atoms with Crippen molar-refractivity contribution in [3.63, 3.8) is 0 Å². The molecule has 2 amide bonds. The van der Waals surface area contributed by atoms with E-state index in [-0.39, 0.29) is 30.8 Å². The number of halogens is 3. The molecule has 7 nitrogen and oxygen atoms in total. The number of benzene rings is 2. The van der Waals surface area contributed by atoms with Crippen LogP contribution in [0.3, 0.4) is 0 Å². The zero-order chi connectivity index (χ0) is 30.5. The molecular formula is C32H40F3N3O4. The van der Waals surface area contributed by atoms with Crippen LogP contribution in [0.15, 0.2) is 48.5 Å². The second-order valence-corrected chi connectivity index (χ2v) is 11.3. The van der Waals surface area contributed by atoms with Crippen molar-refractivity contribution in [1.82, 2.24) is 15.5 Å². The summed E-state index contributed by atoms with van der Waals surface area (Å²) in [7, 11) is 1.30. The molecule has 2 aromatic rings. The van der Waals surface area contributed by atoms with Crippen molar-refractivity contribution in [3.05, 3.63) is 70.8 Å². The molecule has 1 heterocycles. The highest BCUT2D eigenvalue weighted by Gasteiger charge is 2.53. The number of nitrogens with zero attached hydrogens (tertiary/aromatic N) is 1. The van der Waals surface area contributed by atoms with Gasteiger partial charge in [0.05, 0.1) is 36.8 Å². The minimum atomic E-state index is -4.41. The number of methoxy groups -OCH3 is 1. The van der Waals surface area contributed by atoms with Crippen molar-refractivity contribution in [2.24, 2.45) is 5.92 Å². The Labute approximate surface area is 245 Å². The van der Waals surface area contributed by atoms with Gasteiger partial charge in [-0.2, -0.15) is 13.2 Å². The van der Waals surface area contributed by atoms with E-state index >= 15 is 0 Å². The molecule has 2 aromatic carbocycles. The van der Waals surface area contributed by atoms with Crippen LogP contribution in [0, 0.1) is 5.92 Å². The Hall–Kier alpha value is -3.40. The Morgan fingerprint density at radius 1 is 1.07 bits per heavy atom. The Balaban J connectivity index is 1.55. The van der Waals surface area contributed by atoms with E-state index in [1.807, 2.05) is 24.0 Å². The third kappa shape index (κ3) is 6.97.